The molecule has 2 aromatic carbocycles. The van der Waals surface area contributed by atoms with Crippen LogP contribution in [-0.2, 0) is 20.8 Å². The SMILES string of the molecule is CCCON(CCC)C(=O)CN1C[C@H](c2ccc3c(c2)OCO3)C(C(=O)O)[C@@H]1CCc1ccccc1OC. The number of carbonyl (C=O) groups excluding carboxylic acids is 1. The number of aliphatic carboxylic acids is 1. The Morgan fingerprint density at radius 2 is 1.89 bits per heavy atom. The molecule has 1 N–H and O–H groups in total. The maximum atomic E-state index is 13.3. The molecule has 2 aromatic rings. The fourth-order valence-corrected chi connectivity index (χ4v) is 5.47. The third kappa shape index (κ3) is 6.22. The number of hydrogen-bond donors (Lipinski definition) is 1. The van der Waals surface area contributed by atoms with Gasteiger partial charge in [-0.3, -0.25) is 19.3 Å². The molecule has 2 aliphatic rings. The molecule has 2 aliphatic heterocycles. The van der Waals surface area contributed by atoms with Crippen molar-refractivity contribution in [2.24, 2.45) is 5.92 Å². The van der Waals surface area contributed by atoms with Gasteiger partial charge in [0.25, 0.3) is 5.91 Å². The molecule has 1 fully saturated rings. The summed E-state index contributed by atoms with van der Waals surface area (Å²) in [6, 6.07) is 13.0. The number of aryl methyl sites for hydroxylation is 1. The number of likely N-dealkylation sites (tertiary alicyclic amines) is 1. The van der Waals surface area contributed by atoms with Crippen LogP contribution in [0.1, 0.15) is 50.2 Å². The lowest BCUT2D eigenvalue weighted by atomic mass is 9.83. The number of rotatable bonds is 13. The van der Waals surface area contributed by atoms with Crippen molar-refractivity contribution in [1.29, 1.82) is 0 Å². The molecule has 0 spiro atoms. The number of carboxylic acid groups (broad SMARTS) is 1. The van der Waals surface area contributed by atoms with E-state index in [0.717, 1.165) is 29.7 Å². The summed E-state index contributed by atoms with van der Waals surface area (Å²) in [5, 5.41) is 11.9. The first-order valence-electron chi connectivity index (χ1n) is 13.4. The molecule has 9 heteroatoms. The minimum atomic E-state index is -0.875. The van der Waals surface area contributed by atoms with Gasteiger partial charge >= 0.3 is 5.97 Å². The zero-order valence-electron chi connectivity index (χ0n) is 22.4. The number of fused-ring (bicyclic) bond motifs is 1. The van der Waals surface area contributed by atoms with Crippen molar-refractivity contribution in [2.75, 3.05) is 40.1 Å². The summed E-state index contributed by atoms with van der Waals surface area (Å²) in [5.74, 6) is 0.00552. The van der Waals surface area contributed by atoms with Crippen molar-refractivity contribution in [3.63, 3.8) is 0 Å². The second-order valence-corrected chi connectivity index (χ2v) is 9.76. The van der Waals surface area contributed by atoms with Gasteiger partial charge in [-0.1, -0.05) is 38.1 Å². The highest BCUT2D eigenvalue weighted by Gasteiger charge is 2.47. The highest BCUT2D eigenvalue weighted by atomic mass is 16.7. The Balaban J connectivity index is 1.62. The summed E-state index contributed by atoms with van der Waals surface area (Å²) in [6.07, 6.45) is 2.76. The second kappa shape index (κ2) is 13.0. The number of carboxylic acids is 1. The molecule has 3 atom stereocenters. The van der Waals surface area contributed by atoms with E-state index in [0.29, 0.717) is 44.0 Å². The molecule has 0 aromatic heterocycles. The third-order valence-electron chi connectivity index (χ3n) is 7.25. The molecule has 0 saturated carbocycles. The number of benzene rings is 2. The first kappa shape index (κ1) is 27.7. The Morgan fingerprint density at radius 3 is 2.63 bits per heavy atom. The van der Waals surface area contributed by atoms with Crippen LogP contribution in [0.4, 0.5) is 0 Å². The lowest BCUT2D eigenvalue weighted by molar-refractivity contribution is -0.188. The Hall–Kier alpha value is -3.30. The molecule has 1 unspecified atom stereocenters. The molecule has 4 rings (SSSR count). The van der Waals surface area contributed by atoms with E-state index in [-0.39, 0.29) is 31.2 Å². The van der Waals surface area contributed by atoms with Crippen molar-refractivity contribution in [2.45, 2.75) is 51.5 Å². The first-order valence-corrected chi connectivity index (χ1v) is 13.4. The van der Waals surface area contributed by atoms with Crippen LogP contribution < -0.4 is 14.2 Å². The van der Waals surface area contributed by atoms with Gasteiger partial charge in [-0.25, -0.2) is 5.06 Å². The number of hydroxylamine groups is 2. The predicted molar refractivity (Wildman–Crippen MR) is 141 cm³/mol. The largest absolute Gasteiger partial charge is 0.496 e. The topological polar surface area (TPSA) is 97.8 Å². The monoisotopic (exact) mass is 526 g/mol. The summed E-state index contributed by atoms with van der Waals surface area (Å²) in [7, 11) is 1.63. The van der Waals surface area contributed by atoms with Gasteiger partial charge in [0, 0.05) is 25.0 Å². The Bertz CT molecular complexity index is 1110. The minimum Gasteiger partial charge on any atom is -0.496 e. The van der Waals surface area contributed by atoms with Crippen LogP contribution in [0.15, 0.2) is 42.5 Å². The molecule has 0 aliphatic carbocycles. The number of para-hydroxylation sites is 1. The number of methoxy groups -OCH3 is 1. The fourth-order valence-electron chi connectivity index (χ4n) is 5.47. The smallest absolute Gasteiger partial charge is 0.308 e. The number of carbonyl (C=O) groups is 2. The molecule has 1 saturated heterocycles. The summed E-state index contributed by atoms with van der Waals surface area (Å²) in [6.45, 7) is 5.62. The van der Waals surface area contributed by atoms with Crippen molar-refractivity contribution >= 4 is 11.9 Å². The van der Waals surface area contributed by atoms with E-state index < -0.39 is 11.9 Å². The number of nitrogens with zero attached hydrogens (tertiary/aromatic N) is 2. The quantitative estimate of drug-likeness (QED) is 0.390. The maximum absolute atomic E-state index is 13.3. The summed E-state index contributed by atoms with van der Waals surface area (Å²) in [5.41, 5.74) is 1.88. The van der Waals surface area contributed by atoms with E-state index in [1.54, 1.807) is 7.11 Å². The number of hydrogen-bond acceptors (Lipinski definition) is 7. The average molecular weight is 527 g/mol. The first-order chi connectivity index (χ1) is 18.5. The van der Waals surface area contributed by atoms with Crippen molar-refractivity contribution in [3.05, 3.63) is 53.6 Å². The number of amides is 1. The van der Waals surface area contributed by atoms with Gasteiger partial charge in [-0.15, -0.1) is 0 Å². The molecule has 1 amide bonds. The molecular weight excluding hydrogens is 488 g/mol. The van der Waals surface area contributed by atoms with Crippen molar-refractivity contribution in [1.82, 2.24) is 9.96 Å². The van der Waals surface area contributed by atoms with Gasteiger partial charge in [0.05, 0.1) is 26.2 Å². The zero-order chi connectivity index (χ0) is 27.1. The van der Waals surface area contributed by atoms with E-state index in [1.807, 2.05) is 61.2 Å². The van der Waals surface area contributed by atoms with E-state index in [1.165, 1.54) is 5.06 Å². The van der Waals surface area contributed by atoms with Gasteiger partial charge in [0.2, 0.25) is 6.79 Å². The molecular formula is C29H38N2O7. The van der Waals surface area contributed by atoms with Crippen molar-refractivity contribution in [3.8, 4) is 17.2 Å². The highest BCUT2D eigenvalue weighted by molar-refractivity contribution is 5.78. The number of ether oxygens (including phenoxy) is 3. The lowest BCUT2D eigenvalue weighted by Gasteiger charge is -2.29. The Morgan fingerprint density at radius 1 is 1.11 bits per heavy atom. The molecule has 0 bridgehead atoms. The molecule has 2 heterocycles. The molecule has 9 nitrogen and oxygen atoms in total. The van der Waals surface area contributed by atoms with Gasteiger partial charge < -0.3 is 19.3 Å². The van der Waals surface area contributed by atoms with E-state index >= 15 is 0 Å². The third-order valence-corrected chi connectivity index (χ3v) is 7.25. The van der Waals surface area contributed by atoms with Crippen LogP contribution in [0, 0.1) is 5.92 Å². The summed E-state index contributed by atoms with van der Waals surface area (Å²) < 4.78 is 16.5. The predicted octanol–water partition coefficient (Wildman–Crippen LogP) is 4.11. The van der Waals surface area contributed by atoms with Gasteiger partial charge in [-0.2, -0.15) is 0 Å². The summed E-state index contributed by atoms with van der Waals surface area (Å²) >= 11 is 0. The van der Waals surface area contributed by atoms with Crippen LogP contribution in [-0.4, -0.2) is 73.1 Å². The van der Waals surface area contributed by atoms with Crippen LogP contribution >= 0.6 is 0 Å². The Labute approximate surface area is 224 Å². The van der Waals surface area contributed by atoms with E-state index in [9.17, 15) is 14.7 Å². The molecule has 206 valence electrons. The van der Waals surface area contributed by atoms with Crippen LogP contribution in [0.5, 0.6) is 17.2 Å². The lowest BCUT2D eigenvalue weighted by Crippen LogP contribution is -2.44. The second-order valence-electron chi connectivity index (χ2n) is 9.76. The standard InChI is InChI=1S/C29H38N2O7/c1-4-14-31(38-15-5-2)27(32)18-30-17-22(21-11-13-25-26(16-21)37-19-36-25)28(29(33)34)23(30)12-10-20-8-6-7-9-24(20)35-3/h6-9,11,13,16,22-23,28H,4-5,10,12,14-15,17-19H2,1-3H3,(H,33,34)/t22-,23+,28?/m1/s1. The van der Waals surface area contributed by atoms with Gasteiger partial charge in [-0.05, 0) is 55.0 Å². The summed E-state index contributed by atoms with van der Waals surface area (Å²) in [4.78, 5) is 33.8. The average Bonchev–Trinajstić information content (AvgIpc) is 3.54. The van der Waals surface area contributed by atoms with Crippen LogP contribution in [0.2, 0.25) is 0 Å². The fraction of sp³-hybridized carbons (Fsp3) is 0.517. The maximum Gasteiger partial charge on any atom is 0.308 e. The highest BCUT2D eigenvalue weighted by Crippen LogP contribution is 2.43. The van der Waals surface area contributed by atoms with E-state index in [4.69, 9.17) is 19.0 Å². The zero-order valence-corrected chi connectivity index (χ0v) is 22.4. The van der Waals surface area contributed by atoms with Crippen molar-refractivity contribution < 1.29 is 33.7 Å². The van der Waals surface area contributed by atoms with Gasteiger partial charge in [0.1, 0.15) is 5.75 Å². The Kier molecular flexibility index (Phi) is 9.47. The molecule has 38 heavy (non-hydrogen) atoms. The van der Waals surface area contributed by atoms with E-state index in [2.05, 4.69) is 0 Å². The normalized spacial score (nSPS) is 20.4. The van der Waals surface area contributed by atoms with Gasteiger partial charge in [0.15, 0.2) is 11.5 Å². The van der Waals surface area contributed by atoms with Crippen LogP contribution in [0.3, 0.4) is 0 Å². The minimum absolute atomic E-state index is 0.0884. The van der Waals surface area contributed by atoms with Crippen LogP contribution in [0.25, 0.3) is 0 Å². The molecule has 0 radical (unpaired) electrons.